The first-order valence-electron chi connectivity index (χ1n) is 3.29. The van der Waals surface area contributed by atoms with E-state index in [-0.39, 0.29) is 1.43 Å². The predicted octanol–water partition coefficient (Wildman–Crippen LogP) is -0.0917. The Bertz CT molecular complexity index is 91.2. The molecule has 3 aliphatic heterocycles. The number of hydrogen-bond acceptors (Lipinski definition) is 2. The third kappa shape index (κ3) is 0.565. The molecule has 3 rings (SSSR count). The number of piperazine rings is 1. The molecule has 3 heterocycles. The van der Waals surface area contributed by atoms with Crippen LogP contribution in [0.25, 0.3) is 0 Å². The highest BCUT2D eigenvalue weighted by atomic mass is 15.2. The van der Waals surface area contributed by atoms with E-state index in [4.69, 9.17) is 0 Å². The normalized spacial score (nSPS) is 46.1. The molecule has 8 heavy (non-hydrogen) atoms. The molecule has 0 amide bonds. The Kier molecular flexibility index (Phi) is 0.866. The number of piperidine rings is 1. The summed E-state index contributed by atoms with van der Waals surface area (Å²) in [6.45, 7) is 2.52. The SMILES string of the molecule is CN1CC2CC(C1)N2.[HH]. The molecule has 0 radical (unpaired) electrons. The first-order valence-corrected chi connectivity index (χ1v) is 3.29. The summed E-state index contributed by atoms with van der Waals surface area (Å²) in [7, 11) is 2.19. The summed E-state index contributed by atoms with van der Waals surface area (Å²) in [5, 5.41) is 3.47. The first kappa shape index (κ1) is 4.77. The molecule has 0 saturated carbocycles. The molecule has 0 aromatic rings. The second-order valence-electron chi connectivity index (χ2n) is 3.02. The average molecular weight is 114 g/mol. The second kappa shape index (κ2) is 1.45. The molecule has 3 aliphatic rings. The van der Waals surface area contributed by atoms with Crippen LogP contribution in [0.1, 0.15) is 7.85 Å². The van der Waals surface area contributed by atoms with Gasteiger partial charge in [-0.05, 0) is 13.5 Å². The van der Waals surface area contributed by atoms with Gasteiger partial charge in [0, 0.05) is 26.6 Å². The maximum absolute atomic E-state index is 3.47. The molecule has 48 valence electrons. The fourth-order valence-electron chi connectivity index (χ4n) is 1.73. The number of likely N-dealkylation sites (N-methyl/N-ethyl adjacent to an activating group) is 1. The van der Waals surface area contributed by atoms with Crippen LogP contribution in [0, 0.1) is 0 Å². The number of rotatable bonds is 0. The van der Waals surface area contributed by atoms with Crippen LogP contribution >= 0.6 is 0 Å². The first-order chi connectivity index (χ1) is 3.84. The largest absolute Gasteiger partial charge is 0.309 e. The van der Waals surface area contributed by atoms with Gasteiger partial charge in [0.2, 0.25) is 0 Å². The highest BCUT2D eigenvalue weighted by molar-refractivity contribution is 4.96. The van der Waals surface area contributed by atoms with E-state index in [1.54, 1.807) is 0 Å². The maximum atomic E-state index is 3.47. The molecular weight excluding hydrogens is 100 g/mol. The quantitative estimate of drug-likeness (QED) is 0.473. The van der Waals surface area contributed by atoms with Crippen LogP contribution in [-0.4, -0.2) is 37.1 Å². The van der Waals surface area contributed by atoms with Gasteiger partial charge in [-0.3, -0.25) is 0 Å². The van der Waals surface area contributed by atoms with Crippen molar-refractivity contribution in [2.45, 2.75) is 18.5 Å². The van der Waals surface area contributed by atoms with Gasteiger partial charge in [0.05, 0.1) is 0 Å². The van der Waals surface area contributed by atoms with Gasteiger partial charge in [0.15, 0.2) is 0 Å². The summed E-state index contributed by atoms with van der Waals surface area (Å²) < 4.78 is 0. The van der Waals surface area contributed by atoms with Crippen molar-refractivity contribution in [3.8, 4) is 0 Å². The molecule has 0 aliphatic carbocycles. The smallest absolute Gasteiger partial charge is 0.0213 e. The fourth-order valence-corrected chi connectivity index (χ4v) is 1.73. The summed E-state index contributed by atoms with van der Waals surface area (Å²) in [6.07, 6.45) is 1.42. The highest BCUT2D eigenvalue weighted by Gasteiger charge is 2.34. The Morgan fingerprint density at radius 3 is 2.25 bits per heavy atom. The number of nitrogens with zero attached hydrogens (tertiary/aromatic N) is 1. The van der Waals surface area contributed by atoms with Crippen molar-refractivity contribution < 1.29 is 1.43 Å². The van der Waals surface area contributed by atoms with Crippen molar-refractivity contribution in [3.05, 3.63) is 0 Å². The minimum atomic E-state index is 0. The number of nitrogens with one attached hydrogen (secondary N) is 1. The second-order valence-corrected chi connectivity index (χ2v) is 3.02. The minimum absolute atomic E-state index is 0. The van der Waals surface area contributed by atoms with E-state index in [0.717, 1.165) is 12.1 Å². The van der Waals surface area contributed by atoms with E-state index in [1.807, 2.05) is 0 Å². The molecule has 2 heteroatoms. The Balaban J connectivity index is 0.000000405. The van der Waals surface area contributed by atoms with Crippen molar-refractivity contribution >= 4 is 0 Å². The van der Waals surface area contributed by atoms with Gasteiger partial charge < -0.3 is 10.2 Å². The maximum Gasteiger partial charge on any atom is 0.0213 e. The van der Waals surface area contributed by atoms with Crippen LogP contribution in [0.5, 0.6) is 0 Å². The van der Waals surface area contributed by atoms with E-state index in [2.05, 4.69) is 17.3 Å². The molecule has 2 unspecified atom stereocenters. The summed E-state index contributed by atoms with van der Waals surface area (Å²) in [4.78, 5) is 2.40. The number of hydrogen-bond donors (Lipinski definition) is 1. The Morgan fingerprint density at radius 1 is 1.50 bits per heavy atom. The van der Waals surface area contributed by atoms with E-state index in [9.17, 15) is 0 Å². The lowest BCUT2D eigenvalue weighted by atomic mass is 9.92. The topological polar surface area (TPSA) is 15.3 Å². The van der Waals surface area contributed by atoms with E-state index < -0.39 is 0 Å². The van der Waals surface area contributed by atoms with Crippen LogP contribution < -0.4 is 5.32 Å². The van der Waals surface area contributed by atoms with E-state index in [1.165, 1.54) is 19.5 Å². The van der Waals surface area contributed by atoms with Gasteiger partial charge in [-0.25, -0.2) is 0 Å². The summed E-state index contributed by atoms with van der Waals surface area (Å²) >= 11 is 0. The van der Waals surface area contributed by atoms with Crippen molar-refractivity contribution in [2.24, 2.45) is 0 Å². The molecule has 2 nitrogen and oxygen atoms in total. The van der Waals surface area contributed by atoms with Crippen LogP contribution in [-0.2, 0) is 0 Å². The van der Waals surface area contributed by atoms with Gasteiger partial charge in [-0.15, -0.1) is 0 Å². The lowest BCUT2D eigenvalue weighted by Crippen LogP contribution is -2.65. The molecule has 3 saturated heterocycles. The molecule has 0 aromatic carbocycles. The lowest BCUT2D eigenvalue weighted by Gasteiger charge is -2.47. The van der Waals surface area contributed by atoms with Crippen molar-refractivity contribution in [3.63, 3.8) is 0 Å². The summed E-state index contributed by atoms with van der Waals surface area (Å²) in [6, 6.07) is 1.66. The Labute approximate surface area is 51.3 Å². The minimum Gasteiger partial charge on any atom is -0.309 e. The van der Waals surface area contributed by atoms with Gasteiger partial charge >= 0.3 is 0 Å². The van der Waals surface area contributed by atoms with Crippen LogP contribution in [0.4, 0.5) is 0 Å². The fraction of sp³-hybridized carbons (Fsp3) is 1.00. The summed E-state index contributed by atoms with van der Waals surface area (Å²) in [5.41, 5.74) is 0. The molecular formula is C6H14N2. The van der Waals surface area contributed by atoms with Crippen molar-refractivity contribution in [1.82, 2.24) is 10.2 Å². The van der Waals surface area contributed by atoms with Crippen LogP contribution in [0.15, 0.2) is 0 Å². The van der Waals surface area contributed by atoms with Gasteiger partial charge in [0.1, 0.15) is 0 Å². The van der Waals surface area contributed by atoms with Crippen molar-refractivity contribution in [2.75, 3.05) is 20.1 Å². The summed E-state index contributed by atoms with van der Waals surface area (Å²) in [5.74, 6) is 0. The zero-order valence-electron chi connectivity index (χ0n) is 5.22. The molecule has 2 bridgehead atoms. The average Bonchev–Trinajstić information content (AvgIpc) is 1.62. The van der Waals surface area contributed by atoms with Gasteiger partial charge in [-0.1, -0.05) is 0 Å². The van der Waals surface area contributed by atoms with Crippen LogP contribution in [0.2, 0.25) is 0 Å². The third-order valence-corrected chi connectivity index (χ3v) is 2.10. The molecule has 3 fully saturated rings. The van der Waals surface area contributed by atoms with Crippen molar-refractivity contribution in [1.29, 1.82) is 0 Å². The van der Waals surface area contributed by atoms with Gasteiger partial charge in [0.25, 0.3) is 0 Å². The predicted molar refractivity (Wildman–Crippen MR) is 34.9 cm³/mol. The van der Waals surface area contributed by atoms with Gasteiger partial charge in [-0.2, -0.15) is 0 Å². The molecule has 0 spiro atoms. The molecule has 0 aromatic heterocycles. The zero-order valence-corrected chi connectivity index (χ0v) is 5.22. The monoisotopic (exact) mass is 114 g/mol. The van der Waals surface area contributed by atoms with Crippen LogP contribution in [0.3, 0.4) is 0 Å². The molecule has 2 atom stereocenters. The Hall–Kier alpha value is -0.0800. The molecule has 1 N–H and O–H groups in total. The lowest BCUT2D eigenvalue weighted by molar-refractivity contribution is 0.0984. The number of fused-ring (bicyclic) bond motifs is 2. The zero-order chi connectivity index (χ0) is 5.56. The third-order valence-electron chi connectivity index (χ3n) is 2.10. The Morgan fingerprint density at radius 2 is 2.00 bits per heavy atom. The van der Waals surface area contributed by atoms with E-state index >= 15 is 0 Å². The standard InChI is InChI=1S/C6H12N2.H2/c1-8-3-5-2-6(4-8)7-5;/h5-7H,2-4H2,1H3;1H. The highest BCUT2D eigenvalue weighted by Crippen LogP contribution is 2.18. The van der Waals surface area contributed by atoms with E-state index in [0.29, 0.717) is 0 Å².